The Balaban J connectivity index is 1.26. The van der Waals surface area contributed by atoms with Gasteiger partial charge in [0.15, 0.2) is 6.04 Å². The van der Waals surface area contributed by atoms with Crippen molar-refractivity contribution in [2.45, 2.75) is 55.7 Å². The topological polar surface area (TPSA) is 154 Å². The largest absolute Gasteiger partial charge is 0.480 e. The maximum atomic E-state index is 14.2. The molecule has 0 bridgehead atoms. The zero-order valence-corrected chi connectivity index (χ0v) is 32.8. The van der Waals surface area contributed by atoms with Crippen molar-refractivity contribution < 1.29 is 34.1 Å². The molecule has 5 N–H and O–H groups in total. The predicted octanol–water partition coefficient (Wildman–Crippen LogP) is 6.71. The molecule has 0 saturated carbocycles. The van der Waals surface area contributed by atoms with E-state index in [4.69, 9.17) is 4.74 Å². The minimum absolute atomic E-state index is 0.0296. The normalized spacial score (nSPS) is 14.3. The number of thioether (sulfide) groups is 1. The van der Waals surface area contributed by atoms with Gasteiger partial charge in [0.2, 0.25) is 11.8 Å². The predicted molar refractivity (Wildman–Crippen MR) is 222 cm³/mol. The molecule has 0 saturated heterocycles. The van der Waals surface area contributed by atoms with Crippen LogP contribution in [0.3, 0.4) is 0 Å². The second-order valence-electron chi connectivity index (χ2n) is 14.4. The molecule has 5 aromatic carbocycles. The number of carboxylic acids is 1. The fraction of sp³-hybridized carbons (Fsp3) is 0.261. The summed E-state index contributed by atoms with van der Waals surface area (Å²) in [4.78, 5) is 53.7. The Bertz CT molecular complexity index is 2020. The standard InChI is InChI=1S/C46H47N3O7S/c1-29(2)40(49-45(55)56-27-38-36-25-15-13-23-34(36)35-24-14-16-26-37(35)38)43(52)47-39(42(51)48-41(30(3)50)44(53)54)28-57-46(31-17-7-4-8-18-31,32-19-9-5-10-20-32)33-21-11-6-12-22-33/h4-26,29-30,38-41,50H,27-28H2,1-3H3,(H,47,52)(H,48,51)(H,49,55)(H,53,54). The van der Waals surface area contributed by atoms with E-state index in [1.54, 1.807) is 13.8 Å². The number of ether oxygens (including phenoxy) is 1. The third kappa shape index (κ3) is 9.06. The van der Waals surface area contributed by atoms with Gasteiger partial charge in [-0.1, -0.05) is 153 Å². The van der Waals surface area contributed by atoms with Crippen LogP contribution < -0.4 is 16.0 Å². The minimum Gasteiger partial charge on any atom is -0.480 e. The van der Waals surface area contributed by atoms with E-state index in [0.717, 1.165) is 38.9 Å². The molecular weight excluding hydrogens is 739 g/mol. The van der Waals surface area contributed by atoms with Crippen LogP contribution in [0, 0.1) is 5.92 Å². The van der Waals surface area contributed by atoms with Gasteiger partial charge in [-0.3, -0.25) is 9.59 Å². The number of amides is 3. The highest BCUT2D eigenvalue weighted by atomic mass is 32.2. The SMILES string of the molecule is CC(C)C(NC(=O)OCC1c2ccccc2-c2ccccc21)C(=O)NC(CSC(c1ccccc1)(c1ccccc1)c1ccccc1)C(=O)NC(C(=O)O)C(C)O. The fourth-order valence-corrected chi connectivity index (χ4v) is 8.93. The molecule has 1 aliphatic carbocycles. The zero-order valence-electron chi connectivity index (χ0n) is 32.0. The third-order valence-electron chi connectivity index (χ3n) is 10.3. The van der Waals surface area contributed by atoms with Crippen LogP contribution in [-0.2, 0) is 23.9 Å². The van der Waals surface area contributed by atoms with E-state index in [1.807, 2.05) is 140 Å². The molecular formula is C46H47N3O7S. The van der Waals surface area contributed by atoms with E-state index < -0.39 is 58.8 Å². The van der Waals surface area contributed by atoms with E-state index in [0.29, 0.717) is 0 Å². The molecule has 6 rings (SSSR count). The van der Waals surface area contributed by atoms with Crippen LogP contribution in [0.4, 0.5) is 4.79 Å². The third-order valence-corrected chi connectivity index (χ3v) is 11.9. The highest BCUT2D eigenvalue weighted by Gasteiger charge is 2.40. The summed E-state index contributed by atoms with van der Waals surface area (Å²) >= 11 is 1.40. The second kappa shape index (κ2) is 18.4. The van der Waals surface area contributed by atoms with E-state index in [-0.39, 0.29) is 18.3 Å². The lowest BCUT2D eigenvalue weighted by Crippen LogP contribution is -2.59. The number of carbonyl (C=O) groups is 4. The summed E-state index contributed by atoms with van der Waals surface area (Å²) in [6, 6.07) is 41.3. The summed E-state index contributed by atoms with van der Waals surface area (Å²) in [5.41, 5.74) is 7.02. The van der Waals surface area contributed by atoms with E-state index >= 15 is 0 Å². The first-order chi connectivity index (χ1) is 27.5. The lowest BCUT2D eigenvalue weighted by molar-refractivity contribution is -0.145. The smallest absolute Gasteiger partial charge is 0.407 e. The lowest BCUT2D eigenvalue weighted by Gasteiger charge is -2.37. The maximum Gasteiger partial charge on any atom is 0.407 e. The Hall–Kier alpha value is -5.91. The number of hydrogen-bond acceptors (Lipinski definition) is 7. The Morgan fingerprint density at radius 3 is 1.53 bits per heavy atom. The van der Waals surface area contributed by atoms with Gasteiger partial charge in [-0.25, -0.2) is 9.59 Å². The molecule has 294 valence electrons. The van der Waals surface area contributed by atoms with Crippen LogP contribution in [0.1, 0.15) is 54.5 Å². The Morgan fingerprint density at radius 1 is 0.632 bits per heavy atom. The van der Waals surface area contributed by atoms with E-state index in [1.165, 1.54) is 18.7 Å². The molecule has 57 heavy (non-hydrogen) atoms. The lowest BCUT2D eigenvalue weighted by atomic mass is 9.84. The molecule has 4 atom stereocenters. The van der Waals surface area contributed by atoms with Gasteiger partial charge < -0.3 is 30.9 Å². The van der Waals surface area contributed by atoms with Crippen LogP contribution in [0.25, 0.3) is 11.1 Å². The number of fused-ring (bicyclic) bond motifs is 3. The molecule has 0 aliphatic heterocycles. The number of hydrogen-bond donors (Lipinski definition) is 5. The maximum absolute atomic E-state index is 14.2. The first-order valence-electron chi connectivity index (χ1n) is 18.9. The first kappa shape index (κ1) is 40.7. The molecule has 10 nitrogen and oxygen atoms in total. The molecule has 0 radical (unpaired) electrons. The highest BCUT2D eigenvalue weighted by Crippen LogP contribution is 2.49. The van der Waals surface area contributed by atoms with Crippen LogP contribution in [0.5, 0.6) is 0 Å². The van der Waals surface area contributed by atoms with Gasteiger partial charge >= 0.3 is 12.1 Å². The zero-order chi connectivity index (χ0) is 40.5. The minimum atomic E-state index is -1.64. The van der Waals surface area contributed by atoms with E-state index in [9.17, 15) is 29.4 Å². The summed E-state index contributed by atoms with van der Waals surface area (Å²) in [6.07, 6.45) is -2.22. The fourth-order valence-electron chi connectivity index (χ4n) is 7.37. The van der Waals surface area contributed by atoms with Crippen molar-refractivity contribution in [2.24, 2.45) is 5.92 Å². The van der Waals surface area contributed by atoms with Gasteiger partial charge in [0.1, 0.15) is 18.7 Å². The van der Waals surface area contributed by atoms with Gasteiger partial charge in [0.05, 0.1) is 10.9 Å². The first-order valence-corrected chi connectivity index (χ1v) is 19.9. The van der Waals surface area contributed by atoms with Crippen molar-refractivity contribution in [3.63, 3.8) is 0 Å². The van der Waals surface area contributed by atoms with Crippen molar-refractivity contribution in [1.29, 1.82) is 0 Å². The molecule has 0 spiro atoms. The monoisotopic (exact) mass is 785 g/mol. The summed E-state index contributed by atoms with van der Waals surface area (Å²) in [7, 11) is 0. The number of nitrogens with one attached hydrogen (secondary N) is 3. The van der Waals surface area contributed by atoms with Crippen LogP contribution in [0.15, 0.2) is 140 Å². The van der Waals surface area contributed by atoms with Crippen LogP contribution in [0.2, 0.25) is 0 Å². The molecule has 5 aromatic rings. The van der Waals surface area contributed by atoms with Gasteiger partial charge in [0.25, 0.3) is 0 Å². The highest BCUT2D eigenvalue weighted by molar-refractivity contribution is 8.00. The quantitative estimate of drug-likeness (QED) is 0.0693. The van der Waals surface area contributed by atoms with Crippen molar-refractivity contribution in [1.82, 2.24) is 16.0 Å². The molecule has 0 fully saturated rings. The van der Waals surface area contributed by atoms with E-state index in [2.05, 4.69) is 16.0 Å². The molecule has 11 heteroatoms. The molecule has 0 aromatic heterocycles. The number of alkyl carbamates (subject to hydrolysis) is 1. The van der Waals surface area contributed by atoms with Gasteiger partial charge in [0, 0.05) is 11.7 Å². The Labute approximate surface area is 337 Å². The summed E-state index contributed by atoms with van der Waals surface area (Å²) < 4.78 is 4.89. The van der Waals surface area contributed by atoms with Crippen molar-refractivity contribution in [3.8, 4) is 11.1 Å². The Morgan fingerprint density at radius 2 is 1.09 bits per heavy atom. The number of carboxylic acid groups (broad SMARTS) is 1. The number of benzene rings is 5. The summed E-state index contributed by atoms with van der Waals surface area (Å²) in [5.74, 6) is -3.54. The number of rotatable bonds is 16. The molecule has 0 heterocycles. The molecule has 3 amide bonds. The van der Waals surface area contributed by atoms with Gasteiger partial charge in [-0.05, 0) is 51.8 Å². The number of aliphatic hydroxyl groups excluding tert-OH is 1. The van der Waals surface area contributed by atoms with Crippen LogP contribution >= 0.6 is 11.8 Å². The van der Waals surface area contributed by atoms with Crippen LogP contribution in [-0.4, -0.2) is 70.7 Å². The second-order valence-corrected chi connectivity index (χ2v) is 15.6. The number of aliphatic hydroxyl groups is 1. The molecule has 1 aliphatic rings. The number of aliphatic carboxylic acids is 1. The summed E-state index contributed by atoms with van der Waals surface area (Å²) in [5, 5.41) is 28.0. The van der Waals surface area contributed by atoms with Crippen molar-refractivity contribution in [2.75, 3.05) is 12.4 Å². The molecule has 4 unspecified atom stereocenters. The van der Waals surface area contributed by atoms with Gasteiger partial charge in [-0.15, -0.1) is 11.8 Å². The number of carbonyl (C=O) groups excluding carboxylic acids is 3. The average molecular weight is 786 g/mol. The van der Waals surface area contributed by atoms with Gasteiger partial charge in [-0.2, -0.15) is 0 Å². The average Bonchev–Trinajstić information content (AvgIpc) is 3.55. The van der Waals surface area contributed by atoms with Crippen molar-refractivity contribution >= 4 is 35.6 Å². The summed E-state index contributed by atoms with van der Waals surface area (Å²) in [6.45, 7) is 4.83. The Kier molecular flexibility index (Phi) is 13.1. The van der Waals surface area contributed by atoms with Crippen molar-refractivity contribution in [3.05, 3.63) is 167 Å².